The number of carbonyl (C=O) groups excluding carboxylic acids is 1. The molecule has 0 spiro atoms. The van der Waals surface area contributed by atoms with E-state index in [1.165, 1.54) is 35.6 Å². The number of rotatable bonds is 7. The van der Waals surface area contributed by atoms with Gasteiger partial charge in [0.1, 0.15) is 11.8 Å². The maximum absolute atomic E-state index is 12.9. The summed E-state index contributed by atoms with van der Waals surface area (Å²) >= 11 is 0. The van der Waals surface area contributed by atoms with Gasteiger partial charge in [0.05, 0.1) is 16.8 Å². The molecule has 32 heavy (non-hydrogen) atoms. The Kier molecular flexibility index (Phi) is 6.09. The fourth-order valence-electron chi connectivity index (χ4n) is 3.35. The van der Waals surface area contributed by atoms with Crippen LogP contribution in [0.4, 0.5) is 5.69 Å². The van der Waals surface area contributed by atoms with E-state index in [0.717, 1.165) is 5.56 Å². The fraction of sp³-hybridized carbons (Fsp3) is 0.0800. The number of carbonyl (C=O) groups is 1. The van der Waals surface area contributed by atoms with E-state index in [1.54, 1.807) is 42.7 Å². The Hall–Kier alpha value is -3.84. The van der Waals surface area contributed by atoms with Crippen LogP contribution in [-0.2, 0) is 10.0 Å². The Balaban J connectivity index is 1.55. The van der Waals surface area contributed by atoms with Gasteiger partial charge in [0, 0.05) is 12.6 Å². The van der Waals surface area contributed by atoms with E-state index < -0.39 is 16.1 Å². The highest BCUT2D eigenvalue weighted by molar-refractivity contribution is 7.92. The van der Waals surface area contributed by atoms with E-state index >= 15 is 0 Å². The number of anilines is 1. The van der Waals surface area contributed by atoms with E-state index in [4.69, 9.17) is 4.42 Å². The molecule has 4 aromatic rings. The summed E-state index contributed by atoms with van der Waals surface area (Å²) in [5.74, 6) is 0.267. The zero-order valence-electron chi connectivity index (χ0n) is 17.4. The van der Waals surface area contributed by atoms with E-state index in [-0.39, 0.29) is 10.8 Å². The summed E-state index contributed by atoms with van der Waals surface area (Å²) in [6.07, 6.45) is 1.56. The molecule has 1 aromatic heterocycles. The molecule has 0 aliphatic carbocycles. The molecule has 0 saturated heterocycles. The number of amides is 1. The summed E-state index contributed by atoms with van der Waals surface area (Å²) in [4.78, 5) is 13.0. The number of nitrogens with one attached hydrogen (secondary N) is 1. The second-order valence-electron chi connectivity index (χ2n) is 7.17. The Bertz CT molecular complexity index is 1270. The van der Waals surface area contributed by atoms with Crippen molar-refractivity contribution >= 4 is 21.6 Å². The first-order chi connectivity index (χ1) is 15.5. The van der Waals surface area contributed by atoms with E-state index in [0.29, 0.717) is 17.0 Å². The average molecular weight is 447 g/mol. The van der Waals surface area contributed by atoms with Crippen molar-refractivity contribution in [1.29, 1.82) is 0 Å². The molecule has 0 saturated carbocycles. The minimum absolute atomic E-state index is 0.103. The molecular weight excluding hydrogens is 424 g/mol. The molecule has 0 aliphatic heterocycles. The topological polar surface area (TPSA) is 79.6 Å². The molecule has 1 atom stereocenters. The molecule has 7 heteroatoms. The summed E-state index contributed by atoms with van der Waals surface area (Å²) in [6, 6.07) is 27.3. The van der Waals surface area contributed by atoms with Gasteiger partial charge in [-0.25, -0.2) is 8.42 Å². The van der Waals surface area contributed by atoms with Crippen LogP contribution in [-0.4, -0.2) is 21.4 Å². The number of hydrogen-bond acceptors (Lipinski definition) is 4. The summed E-state index contributed by atoms with van der Waals surface area (Å²) in [7, 11) is -2.25. The minimum Gasteiger partial charge on any atom is -0.467 e. The van der Waals surface area contributed by atoms with Gasteiger partial charge in [-0.3, -0.25) is 9.10 Å². The molecular formula is C25H22N2O4S. The van der Waals surface area contributed by atoms with Crippen molar-refractivity contribution in [3.05, 3.63) is 120 Å². The Morgan fingerprint density at radius 2 is 1.47 bits per heavy atom. The van der Waals surface area contributed by atoms with Crippen LogP contribution in [0, 0.1) is 0 Å². The van der Waals surface area contributed by atoms with Crippen LogP contribution < -0.4 is 9.62 Å². The highest BCUT2D eigenvalue weighted by atomic mass is 32.2. The van der Waals surface area contributed by atoms with Gasteiger partial charge in [-0.2, -0.15) is 0 Å². The summed E-state index contributed by atoms with van der Waals surface area (Å²) < 4.78 is 32.6. The van der Waals surface area contributed by atoms with Crippen LogP contribution in [0.3, 0.4) is 0 Å². The number of para-hydroxylation sites is 1. The molecule has 3 aromatic carbocycles. The maximum atomic E-state index is 12.9. The monoisotopic (exact) mass is 446 g/mol. The van der Waals surface area contributed by atoms with Crippen molar-refractivity contribution in [1.82, 2.24) is 5.32 Å². The predicted molar refractivity (Wildman–Crippen MR) is 123 cm³/mol. The van der Waals surface area contributed by atoms with Crippen LogP contribution in [0.1, 0.15) is 27.7 Å². The molecule has 0 bridgehead atoms. The lowest BCUT2D eigenvalue weighted by Gasteiger charge is -2.20. The molecule has 0 aliphatic rings. The zero-order chi connectivity index (χ0) is 22.6. The Morgan fingerprint density at radius 1 is 0.844 bits per heavy atom. The highest BCUT2D eigenvalue weighted by Gasteiger charge is 2.23. The minimum atomic E-state index is -3.75. The van der Waals surface area contributed by atoms with E-state index in [1.807, 2.05) is 36.4 Å². The lowest BCUT2D eigenvalue weighted by Crippen LogP contribution is -2.29. The number of hydrogen-bond donors (Lipinski definition) is 1. The SMILES string of the molecule is CN(c1ccccc1)S(=O)(=O)c1ccc(C(=O)NC(c2ccccc2)c2ccco2)cc1. The van der Waals surface area contributed by atoms with Gasteiger partial charge >= 0.3 is 0 Å². The van der Waals surface area contributed by atoms with Crippen molar-refractivity contribution in [3.63, 3.8) is 0 Å². The Morgan fingerprint density at radius 3 is 2.06 bits per heavy atom. The van der Waals surface area contributed by atoms with Crippen LogP contribution >= 0.6 is 0 Å². The standard InChI is InChI=1S/C25H22N2O4S/c1-27(21-11-6-3-7-12-21)32(29,30)22-16-14-20(15-17-22)25(28)26-24(23-13-8-18-31-23)19-9-4-2-5-10-19/h2-18,24H,1H3,(H,26,28). The van der Waals surface area contributed by atoms with Gasteiger partial charge in [-0.05, 0) is 54.1 Å². The molecule has 0 fully saturated rings. The molecule has 1 unspecified atom stereocenters. The average Bonchev–Trinajstić information content (AvgIpc) is 3.38. The number of furan rings is 1. The first-order valence-corrected chi connectivity index (χ1v) is 11.4. The normalized spacial score (nSPS) is 12.2. The lowest BCUT2D eigenvalue weighted by atomic mass is 10.0. The number of sulfonamides is 1. The van der Waals surface area contributed by atoms with Crippen LogP contribution in [0.25, 0.3) is 0 Å². The predicted octanol–water partition coefficient (Wildman–Crippen LogP) is 4.62. The van der Waals surface area contributed by atoms with Gasteiger partial charge in [-0.1, -0.05) is 48.5 Å². The van der Waals surface area contributed by atoms with Gasteiger partial charge in [0.25, 0.3) is 15.9 Å². The van der Waals surface area contributed by atoms with Crippen molar-refractivity contribution in [3.8, 4) is 0 Å². The van der Waals surface area contributed by atoms with E-state index in [2.05, 4.69) is 5.32 Å². The lowest BCUT2D eigenvalue weighted by molar-refractivity contribution is 0.0939. The van der Waals surface area contributed by atoms with E-state index in [9.17, 15) is 13.2 Å². The molecule has 6 nitrogen and oxygen atoms in total. The van der Waals surface area contributed by atoms with Gasteiger partial charge < -0.3 is 9.73 Å². The van der Waals surface area contributed by atoms with Crippen molar-refractivity contribution in [2.45, 2.75) is 10.9 Å². The number of nitrogens with zero attached hydrogens (tertiary/aromatic N) is 1. The second-order valence-corrected chi connectivity index (χ2v) is 9.13. The second kappa shape index (κ2) is 9.11. The zero-order valence-corrected chi connectivity index (χ0v) is 18.2. The van der Waals surface area contributed by atoms with Crippen LogP contribution in [0.15, 0.2) is 113 Å². The summed E-state index contributed by atoms with van der Waals surface area (Å²) in [5, 5.41) is 2.97. The fourth-order valence-corrected chi connectivity index (χ4v) is 4.54. The Labute approximate surface area is 187 Å². The van der Waals surface area contributed by atoms with Crippen molar-refractivity contribution in [2.24, 2.45) is 0 Å². The van der Waals surface area contributed by atoms with Crippen LogP contribution in [0.5, 0.6) is 0 Å². The third-order valence-corrected chi connectivity index (χ3v) is 6.93. The van der Waals surface area contributed by atoms with Gasteiger partial charge in [0.2, 0.25) is 0 Å². The largest absolute Gasteiger partial charge is 0.467 e. The van der Waals surface area contributed by atoms with Gasteiger partial charge in [0.15, 0.2) is 0 Å². The number of benzene rings is 3. The summed E-state index contributed by atoms with van der Waals surface area (Å²) in [6.45, 7) is 0. The van der Waals surface area contributed by atoms with Crippen LogP contribution in [0.2, 0.25) is 0 Å². The molecule has 1 heterocycles. The molecule has 1 amide bonds. The molecule has 1 N–H and O–H groups in total. The first kappa shape index (κ1) is 21.4. The third-order valence-electron chi connectivity index (χ3n) is 5.13. The molecule has 162 valence electrons. The summed E-state index contributed by atoms with van der Waals surface area (Å²) in [5.41, 5.74) is 1.77. The molecule has 0 radical (unpaired) electrons. The van der Waals surface area contributed by atoms with Crippen molar-refractivity contribution in [2.75, 3.05) is 11.4 Å². The smallest absolute Gasteiger partial charge is 0.264 e. The molecule has 4 rings (SSSR count). The van der Waals surface area contributed by atoms with Gasteiger partial charge in [-0.15, -0.1) is 0 Å². The third kappa shape index (κ3) is 4.43. The van der Waals surface area contributed by atoms with Crippen molar-refractivity contribution < 1.29 is 17.6 Å². The highest BCUT2D eigenvalue weighted by Crippen LogP contribution is 2.24. The quantitative estimate of drug-likeness (QED) is 0.449. The first-order valence-electron chi connectivity index (χ1n) is 10.00. The maximum Gasteiger partial charge on any atom is 0.264 e.